The summed E-state index contributed by atoms with van der Waals surface area (Å²) in [5.41, 5.74) is 0.282. The van der Waals surface area contributed by atoms with Crippen LogP contribution in [0.1, 0.15) is 23.2 Å². The quantitative estimate of drug-likeness (QED) is 0.603. The Morgan fingerprint density at radius 2 is 1.92 bits per heavy atom. The van der Waals surface area contributed by atoms with Crippen molar-refractivity contribution in [2.24, 2.45) is 0 Å². The van der Waals surface area contributed by atoms with Crippen LogP contribution < -0.4 is 4.72 Å². The fourth-order valence-electron chi connectivity index (χ4n) is 1.92. The standard InChI is InChI=1S/C17H15FN2O4S/c18-14-6-8-15(9-7-14)20-25(22,23)16-5-3-4-13(12-16)17(21)24-11-2-1-10-19/h3-9,12,20H,1-2,11H2. The summed E-state index contributed by atoms with van der Waals surface area (Å²) in [7, 11) is -3.93. The normalized spacial score (nSPS) is 10.7. The van der Waals surface area contributed by atoms with Crippen LogP contribution in [0.3, 0.4) is 0 Å². The molecule has 130 valence electrons. The Morgan fingerprint density at radius 3 is 2.60 bits per heavy atom. The number of esters is 1. The van der Waals surface area contributed by atoms with Gasteiger partial charge >= 0.3 is 5.97 Å². The van der Waals surface area contributed by atoms with E-state index in [1.54, 1.807) is 0 Å². The van der Waals surface area contributed by atoms with Crippen LogP contribution in [0.5, 0.6) is 0 Å². The summed E-state index contributed by atoms with van der Waals surface area (Å²) >= 11 is 0. The largest absolute Gasteiger partial charge is 0.462 e. The van der Waals surface area contributed by atoms with Crippen LogP contribution in [-0.4, -0.2) is 21.0 Å². The number of nitrogens with one attached hydrogen (secondary N) is 1. The van der Waals surface area contributed by atoms with Gasteiger partial charge in [-0.1, -0.05) is 6.07 Å². The highest BCUT2D eigenvalue weighted by Gasteiger charge is 2.17. The molecule has 0 aliphatic carbocycles. The third-order valence-corrected chi connectivity index (χ3v) is 4.52. The number of anilines is 1. The molecule has 0 unspecified atom stereocenters. The number of sulfonamides is 1. The van der Waals surface area contributed by atoms with Gasteiger partial charge in [-0.3, -0.25) is 4.72 Å². The number of nitrogens with zero attached hydrogens (tertiary/aromatic N) is 1. The van der Waals surface area contributed by atoms with E-state index in [1.165, 1.54) is 36.4 Å². The second kappa shape index (κ2) is 8.26. The fourth-order valence-corrected chi connectivity index (χ4v) is 3.03. The predicted octanol–water partition coefficient (Wildman–Crippen LogP) is 3.09. The lowest BCUT2D eigenvalue weighted by Gasteiger charge is -2.09. The van der Waals surface area contributed by atoms with Gasteiger partial charge < -0.3 is 4.74 Å². The SMILES string of the molecule is N#CCCCOC(=O)c1cccc(S(=O)(=O)Nc2ccc(F)cc2)c1. The number of carbonyl (C=O) groups excluding carboxylic acids is 1. The number of unbranched alkanes of at least 4 members (excludes halogenated alkanes) is 1. The van der Waals surface area contributed by atoms with Gasteiger partial charge in [0, 0.05) is 12.1 Å². The molecule has 2 aromatic carbocycles. The number of rotatable bonds is 7. The van der Waals surface area contributed by atoms with E-state index in [2.05, 4.69) is 4.72 Å². The van der Waals surface area contributed by atoms with Crippen molar-refractivity contribution in [2.75, 3.05) is 11.3 Å². The van der Waals surface area contributed by atoms with Crippen molar-refractivity contribution in [3.05, 3.63) is 59.9 Å². The number of halogens is 1. The van der Waals surface area contributed by atoms with Crippen molar-refractivity contribution in [3.63, 3.8) is 0 Å². The zero-order valence-corrected chi connectivity index (χ0v) is 13.9. The summed E-state index contributed by atoms with van der Waals surface area (Å²) in [6, 6.07) is 12.2. The van der Waals surface area contributed by atoms with E-state index in [0.29, 0.717) is 6.42 Å². The lowest BCUT2D eigenvalue weighted by atomic mass is 10.2. The zero-order valence-electron chi connectivity index (χ0n) is 13.1. The molecule has 0 saturated heterocycles. The molecule has 0 radical (unpaired) electrons. The maximum absolute atomic E-state index is 12.9. The second-order valence-corrected chi connectivity index (χ2v) is 6.72. The predicted molar refractivity (Wildman–Crippen MR) is 88.8 cm³/mol. The van der Waals surface area contributed by atoms with Crippen LogP contribution in [-0.2, 0) is 14.8 Å². The fraction of sp³-hybridized carbons (Fsp3) is 0.176. The van der Waals surface area contributed by atoms with Gasteiger partial charge in [-0.15, -0.1) is 0 Å². The van der Waals surface area contributed by atoms with Gasteiger partial charge in [-0.2, -0.15) is 5.26 Å². The second-order valence-electron chi connectivity index (χ2n) is 5.04. The summed E-state index contributed by atoms with van der Waals surface area (Å²) in [6.45, 7) is 0.0806. The number of ether oxygens (including phenoxy) is 1. The highest BCUT2D eigenvalue weighted by atomic mass is 32.2. The molecule has 25 heavy (non-hydrogen) atoms. The van der Waals surface area contributed by atoms with E-state index >= 15 is 0 Å². The molecule has 6 nitrogen and oxygen atoms in total. The average Bonchev–Trinajstić information content (AvgIpc) is 2.60. The maximum Gasteiger partial charge on any atom is 0.338 e. The van der Waals surface area contributed by atoms with Crippen LogP contribution in [0.25, 0.3) is 0 Å². The third kappa shape index (κ3) is 5.29. The number of hydrogen-bond acceptors (Lipinski definition) is 5. The van der Waals surface area contributed by atoms with Gasteiger partial charge in [-0.25, -0.2) is 17.6 Å². The molecule has 0 bridgehead atoms. The van der Waals surface area contributed by atoms with E-state index in [1.807, 2.05) is 6.07 Å². The Morgan fingerprint density at radius 1 is 1.20 bits per heavy atom. The van der Waals surface area contributed by atoms with Crippen LogP contribution in [0.15, 0.2) is 53.4 Å². The maximum atomic E-state index is 12.9. The minimum Gasteiger partial charge on any atom is -0.462 e. The molecule has 8 heteroatoms. The molecule has 0 aromatic heterocycles. The summed E-state index contributed by atoms with van der Waals surface area (Å²) in [5, 5.41) is 8.43. The minimum absolute atomic E-state index is 0.0806. The van der Waals surface area contributed by atoms with Crippen LogP contribution in [0.2, 0.25) is 0 Å². The third-order valence-electron chi connectivity index (χ3n) is 3.14. The summed E-state index contributed by atoms with van der Waals surface area (Å²) in [6.07, 6.45) is 0.676. The van der Waals surface area contributed by atoms with Crippen LogP contribution in [0, 0.1) is 17.1 Å². The first-order valence-electron chi connectivity index (χ1n) is 7.35. The molecule has 2 rings (SSSR count). The lowest BCUT2D eigenvalue weighted by Crippen LogP contribution is -2.14. The van der Waals surface area contributed by atoms with Gasteiger partial charge in [0.05, 0.1) is 23.1 Å². The highest BCUT2D eigenvalue weighted by Crippen LogP contribution is 2.18. The van der Waals surface area contributed by atoms with E-state index in [0.717, 1.165) is 12.1 Å². The molecule has 0 aliphatic heterocycles. The van der Waals surface area contributed by atoms with E-state index in [9.17, 15) is 17.6 Å². The van der Waals surface area contributed by atoms with Crippen molar-refractivity contribution >= 4 is 21.7 Å². The molecule has 2 aromatic rings. The molecule has 0 fully saturated rings. The molecule has 0 saturated carbocycles. The van der Waals surface area contributed by atoms with Crippen molar-refractivity contribution in [1.29, 1.82) is 5.26 Å². The van der Waals surface area contributed by atoms with Crippen LogP contribution >= 0.6 is 0 Å². The monoisotopic (exact) mass is 362 g/mol. The Hall–Kier alpha value is -2.92. The van der Waals surface area contributed by atoms with Gasteiger partial charge in [0.2, 0.25) is 0 Å². The van der Waals surface area contributed by atoms with Gasteiger partial charge in [0.25, 0.3) is 10.0 Å². The number of hydrogen-bond donors (Lipinski definition) is 1. The molecule has 0 amide bonds. The molecule has 0 aliphatic rings. The zero-order chi connectivity index (χ0) is 18.3. The van der Waals surface area contributed by atoms with Gasteiger partial charge in [-0.05, 0) is 48.9 Å². The summed E-state index contributed by atoms with van der Waals surface area (Å²) < 4.78 is 44.9. The first-order valence-corrected chi connectivity index (χ1v) is 8.83. The Kier molecular flexibility index (Phi) is 6.08. The number of benzene rings is 2. The summed E-state index contributed by atoms with van der Waals surface area (Å²) in [5.74, 6) is -1.15. The summed E-state index contributed by atoms with van der Waals surface area (Å²) in [4.78, 5) is 11.8. The Labute approximate surface area is 144 Å². The Bertz CT molecular complexity index is 890. The molecule has 0 atom stereocenters. The molecule has 0 spiro atoms. The lowest BCUT2D eigenvalue weighted by molar-refractivity contribution is 0.0501. The Balaban J connectivity index is 2.12. The smallest absolute Gasteiger partial charge is 0.338 e. The molecular formula is C17H15FN2O4S. The van der Waals surface area contributed by atoms with Crippen molar-refractivity contribution in [3.8, 4) is 6.07 Å². The van der Waals surface area contributed by atoms with E-state index in [4.69, 9.17) is 10.00 Å². The topological polar surface area (TPSA) is 96.3 Å². The van der Waals surface area contributed by atoms with Gasteiger partial charge in [0.1, 0.15) is 5.82 Å². The number of carbonyl (C=O) groups is 1. The first-order chi connectivity index (χ1) is 11.9. The average molecular weight is 362 g/mol. The molecular weight excluding hydrogens is 347 g/mol. The van der Waals surface area contributed by atoms with Crippen LogP contribution in [0.4, 0.5) is 10.1 Å². The van der Waals surface area contributed by atoms with Crippen molar-refractivity contribution < 1.29 is 22.3 Å². The van der Waals surface area contributed by atoms with E-state index in [-0.39, 0.29) is 29.2 Å². The highest BCUT2D eigenvalue weighted by molar-refractivity contribution is 7.92. The molecule has 0 heterocycles. The van der Waals surface area contributed by atoms with E-state index < -0.39 is 21.8 Å². The number of nitriles is 1. The first kappa shape index (κ1) is 18.4. The van der Waals surface area contributed by atoms with Crippen molar-refractivity contribution in [2.45, 2.75) is 17.7 Å². The van der Waals surface area contributed by atoms with Gasteiger partial charge in [0.15, 0.2) is 0 Å². The molecule has 1 N–H and O–H groups in total. The van der Waals surface area contributed by atoms with Crippen molar-refractivity contribution in [1.82, 2.24) is 0 Å². The minimum atomic E-state index is -3.93.